The van der Waals surface area contributed by atoms with E-state index in [4.69, 9.17) is 9.47 Å². The number of rotatable bonds is 7. The zero-order valence-corrected chi connectivity index (χ0v) is 36.2. The number of hydrogen-bond donors (Lipinski definition) is 1. The third-order valence-electron chi connectivity index (χ3n) is 20.4. The van der Waals surface area contributed by atoms with E-state index in [1.165, 1.54) is 12.8 Å². The van der Waals surface area contributed by atoms with Crippen molar-refractivity contribution in [3.05, 3.63) is 17.7 Å². The second-order valence-electron chi connectivity index (χ2n) is 23.1. The number of amides is 1. The van der Waals surface area contributed by atoms with Crippen LogP contribution in [0.1, 0.15) is 169 Å². The number of imidazole rings is 1. The highest BCUT2D eigenvalue weighted by molar-refractivity contribution is 5.84. The van der Waals surface area contributed by atoms with E-state index < -0.39 is 28.7 Å². The van der Waals surface area contributed by atoms with Crippen LogP contribution < -0.4 is 0 Å². The molecule has 13 atom stereocenters. The number of aromatic amines is 1. The molecule has 1 N–H and O–H groups in total. The summed E-state index contributed by atoms with van der Waals surface area (Å²) in [6.45, 7) is 20.0. The third-order valence-corrected chi connectivity index (χ3v) is 20.4. The van der Waals surface area contributed by atoms with Gasteiger partial charge in [0.15, 0.2) is 0 Å². The second-order valence-corrected chi connectivity index (χ2v) is 23.1. The van der Waals surface area contributed by atoms with Crippen LogP contribution in [-0.4, -0.2) is 52.0 Å². The first-order chi connectivity index (χ1) is 27.1. The minimum atomic E-state index is -4.51. The van der Waals surface area contributed by atoms with Crippen LogP contribution in [0.2, 0.25) is 0 Å². The normalized spacial score (nSPS) is 45.8. The molecule has 7 saturated carbocycles. The van der Waals surface area contributed by atoms with E-state index in [2.05, 4.69) is 51.5 Å². The molecule has 58 heavy (non-hydrogen) atoms. The number of esters is 1. The highest BCUT2D eigenvalue weighted by Crippen LogP contribution is 2.79. The Balaban J connectivity index is 0.980. The Hall–Kier alpha value is -2.59. The molecule has 1 saturated heterocycles. The SMILES string of the molecule is CC1([C@@H]2CC[C@]3(C(=O)N4CCC[C@H]4c4ncc(C(F)(F)F)[nH]4)CC[C@]4(C)[C@H](CC[C@@H]5[C@@]6(C)CC[C@H](OC(=O)[C@H]7C[C@@H](OC=O)C7(C)C)C(C)(C)[C@@H]6CC[C@]54C)[C@@H]23)CC1. The molecule has 8 nitrogen and oxygen atoms in total. The van der Waals surface area contributed by atoms with Gasteiger partial charge in [-0.2, -0.15) is 13.2 Å². The van der Waals surface area contributed by atoms with Crippen molar-refractivity contribution in [1.29, 1.82) is 0 Å². The standard InChI is InChI=1S/C47H68F3N3O5/c1-40(2)29(24-35(40)57-26-54)38(55)58-34-15-16-43(6)31(41(34,3)4)14-17-45(8)32(43)12-11-28-36-27(42(5)19-20-42)13-18-46(36,22-21-44(28,45)7)39(56)53-23-9-10-30(53)37-51-25-33(52-37)47(48,49)50/h25-32,34-36H,9-24H2,1-8H3,(H,51,52)/t27-,28-,29-,30+,31+,32-,34+,35-,36-,43+,44-,45-,46+/m1/s1. The lowest BCUT2D eigenvalue weighted by molar-refractivity contribution is -0.253. The highest BCUT2D eigenvalue weighted by atomic mass is 19.4. The topological polar surface area (TPSA) is 102 Å². The van der Waals surface area contributed by atoms with Crippen molar-refractivity contribution in [3.63, 3.8) is 0 Å². The van der Waals surface area contributed by atoms with Gasteiger partial charge in [-0.25, -0.2) is 4.98 Å². The smallest absolute Gasteiger partial charge is 0.432 e. The predicted octanol–water partition coefficient (Wildman–Crippen LogP) is 10.5. The maximum atomic E-state index is 15.4. The summed E-state index contributed by atoms with van der Waals surface area (Å²) in [5.74, 6) is 2.13. The maximum absolute atomic E-state index is 15.4. The highest BCUT2D eigenvalue weighted by Gasteiger charge is 2.74. The molecule has 0 radical (unpaired) electrons. The average molecular weight is 812 g/mol. The monoisotopic (exact) mass is 812 g/mol. The third kappa shape index (κ3) is 5.49. The molecule has 0 unspecified atom stereocenters. The van der Waals surface area contributed by atoms with Crippen LogP contribution in [0.3, 0.4) is 0 Å². The van der Waals surface area contributed by atoms with Crippen molar-refractivity contribution in [1.82, 2.24) is 14.9 Å². The molecule has 8 aliphatic rings. The molecule has 1 amide bonds. The van der Waals surface area contributed by atoms with Crippen LogP contribution in [0.4, 0.5) is 13.2 Å². The fourth-order valence-corrected chi connectivity index (χ4v) is 16.5. The number of nitrogens with one attached hydrogen (secondary N) is 1. The zero-order chi connectivity index (χ0) is 41.6. The first kappa shape index (κ1) is 40.8. The summed E-state index contributed by atoms with van der Waals surface area (Å²) in [5.41, 5.74) is -1.46. The number of hydrogen-bond acceptors (Lipinski definition) is 6. The van der Waals surface area contributed by atoms with Crippen LogP contribution in [0.5, 0.6) is 0 Å². The van der Waals surface area contributed by atoms with Gasteiger partial charge in [0, 0.05) is 17.4 Å². The molecule has 1 aromatic heterocycles. The van der Waals surface area contributed by atoms with E-state index in [0.717, 1.165) is 76.8 Å². The first-order valence-corrected chi connectivity index (χ1v) is 22.8. The largest absolute Gasteiger partial charge is 0.464 e. The molecule has 1 aliphatic heterocycles. The van der Waals surface area contributed by atoms with Gasteiger partial charge >= 0.3 is 12.1 Å². The molecule has 2 heterocycles. The molecule has 8 fully saturated rings. The van der Waals surface area contributed by atoms with E-state index in [0.29, 0.717) is 49.5 Å². The fourth-order valence-electron chi connectivity index (χ4n) is 16.5. The lowest BCUT2D eigenvalue weighted by Gasteiger charge is -2.73. The molecule has 1 aromatic rings. The van der Waals surface area contributed by atoms with E-state index in [1.54, 1.807) is 0 Å². The van der Waals surface area contributed by atoms with Gasteiger partial charge < -0.3 is 19.4 Å². The van der Waals surface area contributed by atoms with Crippen LogP contribution >= 0.6 is 0 Å². The van der Waals surface area contributed by atoms with Gasteiger partial charge in [0.05, 0.1) is 23.6 Å². The van der Waals surface area contributed by atoms with Gasteiger partial charge in [0.2, 0.25) is 5.91 Å². The quantitative estimate of drug-likeness (QED) is 0.217. The van der Waals surface area contributed by atoms with Gasteiger partial charge in [-0.05, 0) is 148 Å². The van der Waals surface area contributed by atoms with Crippen LogP contribution in [0.25, 0.3) is 0 Å². The molecule has 11 heteroatoms. The van der Waals surface area contributed by atoms with Crippen LogP contribution in [0, 0.1) is 73.4 Å². The average Bonchev–Trinajstić information content (AvgIpc) is 3.55. The Labute approximate surface area is 343 Å². The second kappa shape index (κ2) is 13.0. The number of halogens is 3. The number of fused-ring (bicyclic) bond motifs is 7. The number of alkyl halides is 3. The van der Waals surface area contributed by atoms with Gasteiger partial charge in [-0.3, -0.25) is 14.4 Å². The first-order valence-electron chi connectivity index (χ1n) is 22.8. The summed E-state index contributed by atoms with van der Waals surface area (Å²) >= 11 is 0. The molecule has 9 rings (SSSR count). The van der Waals surface area contributed by atoms with Crippen molar-refractivity contribution in [2.45, 2.75) is 176 Å². The lowest BCUT2D eigenvalue weighted by Crippen LogP contribution is -2.67. The number of aromatic nitrogens is 2. The number of nitrogens with zero attached hydrogens (tertiary/aromatic N) is 2. The Morgan fingerprint density at radius 1 is 0.810 bits per heavy atom. The number of H-pyrrole nitrogens is 1. The number of carbonyl (C=O) groups is 3. The van der Waals surface area contributed by atoms with Crippen molar-refractivity contribution >= 4 is 18.3 Å². The molecule has 0 aromatic carbocycles. The van der Waals surface area contributed by atoms with Crippen molar-refractivity contribution in [2.24, 2.45) is 73.4 Å². The Bertz CT molecular complexity index is 1840. The molecule has 0 spiro atoms. The zero-order valence-electron chi connectivity index (χ0n) is 36.2. The fraction of sp³-hybridized carbons (Fsp3) is 0.872. The van der Waals surface area contributed by atoms with E-state index in [9.17, 15) is 22.8 Å². The van der Waals surface area contributed by atoms with Gasteiger partial charge in [0.25, 0.3) is 6.47 Å². The van der Waals surface area contributed by atoms with Crippen LogP contribution in [0.15, 0.2) is 6.20 Å². The molecule has 7 aliphatic carbocycles. The molecule has 0 bridgehead atoms. The number of ether oxygens (including phenoxy) is 2. The molecule has 322 valence electrons. The van der Waals surface area contributed by atoms with Crippen molar-refractivity contribution in [2.75, 3.05) is 6.54 Å². The minimum absolute atomic E-state index is 0.0581. The minimum Gasteiger partial charge on any atom is -0.464 e. The van der Waals surface area contributed by atoms with Crippen LogP contribution in [-0.2, 0) is 30.0 Å². The summed E-state index contributed by atoms with van der Waals surface area (Å²) in [4.78, 5) is 48.9. The summed E-state index contributed by atoms with van der Waals surface area (Å²) in [6.07, 6.45) is 10.4. The Morgan fingerprint density at radius 3 is 2.21 bits per heavy atom. The molecular formula is C47H68F3N3O5. The van der Waals surface area contributed by atoms with Gasteiger partial charge in [-0.1, -0.05) is 55.4 Å². The van der Waals surface area contributed by atoms with Gasteiger partial charge in [-0.15, -0.1) is 0 Å². The molecular weight excluding hydrogens is 744 g/mol. The number of carbonyl (C=O) groups excluding carboxylic acids is 3. The summed E-state index contributed by atoms with van der Waals surface area (Å²) in [5, 5.41) is 0. The van der Waals surface area contributed by atoms with E-state index in [-0.39, 0.29) is 68.8 Å². The Kier molecular flexibility index (Phi) is 9.12. The summed E-state index contributed by atoms with van der Waals surface area (Å²) < 4.78 is 52.7. The predicted molar refractivity (Wildman–Crippen MR) is 211 cm³/mol. The maximum Gasteiger partial charge on any atom is 0.432 e. The van der Waals surface area contributed by atoms with Crippen molar-refractivity contribution < 1.29 is 37.0 Å². The lowest BCUT2D eigenvalue weighted by atomic mass is 9.32. The van der Waals surface area contributed by atoms with E-state index >= 15 is 4.79 Å². The Morgan fingerprint density at radius 2 is 1.55 bits per heavy atom. The number of likely N-dealkylation sites (tertiary alicyclic amines) is 1. The summed E-state index contributed by atoms with van der Waals surface area (Å²) in [7, 11) is 0. The summed E-state index contributed by atoms with van der Waals surface area (Å²) in [6, 6.07) is -0.447. The van der Waals surface area contributed by atoms with E-state index in [1.807, 2.05) is 18.7 Å². The van der Waals surface area contributed by atoms with Gasteiger partial charge in [0.1, 0.15) is 23.7 Å². The van der Waals surface area contributed by atoms with Crippen molar-refractivity contribution in [3.8, 4) is 0 Å².